The van der Waals surface area contributed by atoms with Gasteiger partial charge < -0.3 is 9.47 Å². The number of ether oxygens (including phenoxy) is 2. The molecule has 0 N–H and O–H groups in total. The molecule has 0 spiro atoms. The van der Waals surface area contributed by atoms with E-state index < -0.39 is 0 Å². The molecule has 4 heteroatoms. The van der Waals surface area contributed by atoms with Crippen LogP contribution in [-0.4, -0.2) is 44.2 Å². The van der Waals surface area contributed by atoms with Crippen molar-refractivity contribution in [2.24, 2.45) is 11.8 Å². The Morgan fingerprint density at radius 1 is 1.32 bits per heavy atom. The van der Waals surface area contributed by atoms with Crippen molar-refractivity contribution in [2.75, 3.05) is 33.4 Å². The molecule has 0 amide bonds. The molecule has 25 heavy (non-hydrogen) atoms. The standard InChI is InChI=1S/C21H29NO3/c1-4-5-8-25-20-7-6-16-10-18(15(2)9-17(16)11-20)12-22-13-19(14-22)21(23)24-3/h6-7,10-11,15,19H,4-5,8-9,12-14H2,1-3H3. The molecule has 0 saturated carbocycles. The minimum absolute atomic E-state index is 0.0552. The minimum Gasteiger partial charge on any atom is -0.494 e. The van der Waals surface area contributed by atoms with Gasteiger partial charge in [0, 0.05) is 19.6 Å². The molecule has 1 aliphatic heterocycles. The third kappa shape index (κ3) is 4.24. The summed E-state index contributed by atoms with van der Waals surface area (Å²) in [6.07, 6.45) is 5.63. The second-order valence-corrected chi connectivity index (χ2v) is 7.30. The third-order valence-electron chi connectivity index (χ3n) is 5.28. The van der Waals surface area contributed by atoms with E-state index in [0.717, 1.165) is 51.3 Å². The maximum atomic E-state index is 11.5. The maximum absolute atomic E-state index is 11.5. The molecule has 4 nitrogen and oxygen atoms in total. The number of hydrogen-bond donors (Lipinski definition) is 0. The largest absolute Gasteiger partial charge is 0.494 e. The van der Waals surface area contributed by atoms with Gasteiger partial charge in [-0.2, -0.15) is 0 Å². The zero-order valence-electron chi connectivity index (χ0n) is 15.6. The second kappa shape index (κ2) is 8.05. The van der Waals surface area contributed by atoms with E-state index in [9.17, 15) is 4.79 Å². The van der Waals surface area contributed by atoms with Crippen molar-refractivity contribution in [3.05, 3.63) is 34.9 Å². The first-order chi connectivity index (χ1) is 12.1. The summed E-state index contributed by atoms with van der Waals surface area (Å²) in [5.41, 5.74) is 4.14. The van der Waals surface area contributed by atoms with Gasteiger partial charge in [-0.1, -0.05) is 38.0 Å². The Kier molecular flexibility index (Phi) is 5.79. The van der Waals surface area contributed by atoms with Gasteiger partial charge in [0.15, 0.2) is 0 Å². The first-order valence-electron chi connectivity index (χ1n) is 9.37. The molecular formula is C21H29NO3. The number of carbonyl (C=O) groups excluding carboxylic acids is 1. The fraction of sp³-hybridized carbons (Fsp3) is 0.571. The van der Waals surface area contributed by atoms with Crippen molar-refractivity contribution in [1.82, 2.24) is 4.90 Å². The van der Waals surface area contributed by atoms with Gasteiger partial charge in [-0.15, -0.1) is 0 Å². The zero-order chi connectivity index (χ0) is 17.8. The normalized spacial score (nSPS) is 20.4. The number of fused-ring (bicyclic) bond motifs is 1. The lowest BCUT2D eigenvalue weighted by molar-refractivity contribution is -0.151. The molecule has 1 aromatic rings. The number of likely N-dealkylation sites (tertiary alicyclic amines) is 1. The van der Waals surface area contributed by atoms with Crippen LogP contribution >= 0.6 is 0 Å². The first-order valence-corrected chi connectivity index (χ1v) is 9.37. The molecule has 1 aromatic carbocycles. The summed E-state index contributed by atoms with van der Waals surface area (Å²) in [6.45, 7) is 7.83. The molecule has 3 rings (SSSR count). The van der Waals surface area contributed by atoms with Gasteiger partial charge in [0.25, 0.3) is 0 Å². The van der Waals surface area contributed by atoms with Gasteiger partial charge in [0.05, 0.1) is 19.6 Å². The Bertz CT molecular complexity index is 647. The van der Waals surface area contributed by atoms with Crippen LogP contribution < -0.4 is 4.74 Å². The van der Waals surface area contributed by atoms with Gasteiger partial charge in [-0.25, -0.2) is 0 Å². The van der Waals surface area contributed by atoms with E-state index in [4.69, 9.17) is 9.47 Å². The third-order valence-corrected chi connectivity index (χ3v) is 5.28. The Morgan fingerprint density at radius 2 is 2.12 bits per heavy atom. The van der Waals surface area contributed by atoms with Crippen molar-refractivity contribution >= 4 is 12.0 Å². The van der Waals surface area contributed by atoms with Gasteiger partial charge >= 0.3 is 5.97 Å². The Labute approximate surface area is 150 Å². The SMILES string of the molecule is CCCCOc1ccc2c(c1)CC(C)C(CN1CC(C(=O)OC)C1)=C2. The van der Waals surface area contributed by atoms with E-state index in [0.29, 0.717) is 5.92 Å². The number of benzene rings is 1. The number of carbonyl (C=O) groups is 1. The Morgan fingerprint density at radius 3 is 2.84 bits per heavy atom. The Balaban J connectivity index is 1.61. The number of nitrogens with zero attached hydrogens (tertiary/aromatic N) is 1. The molecule has 0 radical (unpaired) electrons. The van der Waals surface area contributed by atoms with E-state index in [2.05, 4.69) is 43.0 Å². The summed E-state index contributed by atoms with van der Waals surface area (Å²) in [5.74, 6) is 1.48. The van der Waals surface area contributed by atoms with Crippen molar-refractivity contribution in [1.29, 1.82) is 0 Å². The average Bonchev–Trinajstić information content (AvgIpc) is 2.57. The number of esters is 1. The van der Waals surface area contributed by atoms with E-state index in [-0.39, 0.29) is 11.9 Å². The molecule has 0 bridgehead atoms. The van der Waals surface area contributed by atoms with Crippen LogP contribution in [0.4, 0.5) is 0 Å². The van der Waals surface area contributed by atoms with Crippen LogP contribution in [0.25, 0.3) is 6.08 Å². The molecule has 1 fully saturated rings. The van der Waals surface area contributed by atoms with Crippen LogP contribution in [0, 0.1) is 11.8 Å². The highest BCUT2D eigenvalue weighted by molar-refractivity contribution is 5.74. The summed E-state index contributed by atoms with van der Waals surface area (Å²) in [5, 5.41) is 0. The molecule has 136 valence electrons. The highest BCUT2D eigenvalue weighted by atomic mass is 16.5. The molecular weight excluding hydrogens is 314 g/mol. The molecule has 2 aliphatic rings. The smallest absolute Gasteiger partial charge is 0.311 e. The van der Waals surface area contributed by atoms with Crippen LogP contribution in [0.3, 0.4) is 0 Å². The van der Waals surface area contributed by atoms with Gasteiger partial charge in [0.1, 0.15) is 5.75 Å². The van der Waals surface area contributed by atoms with Crippen molar-refractivity contribution < 1.29 is 14.3 Å². The Hall–Kier alpha value is -1.81. The molecule has 0 aromatic heterocycles. The van der Waals surface area contributed by atoms with Gasteiger partial charge in [-0.05, 0) is 42.0 Å². The number of hydrogen-bond acceptors (Lipinski definition) is 4. The lowest BCUT2D eigenvalue weighted by Gasteiger charge is -2.39. The predicted octanol–water partition coefficient (Wildman–Crippen LogP) is 3.55. The summed E-state index contributed by atoms with van der Waals surface area (Å²) in [4.78, 5) is 13.8. The molecule has 1 aliphatic carbocycles. The predicted molar refractivity (Wildman–Crippen MR) is 99.6 cm³/mol. The highest BCUT2D eigenvalue weighted by Gasteiger charge is 2.34. The van der Waals surface area contributed by atoms with Gasteiger partial charge in [-0.3, -0.25) is 9.69 Å². The molecule has 1 saturated heterocycles. The number of methoxy groups -OCH3 is 1. The second-order valence-electron chi connectivity index (χ2n) is 7.30. The van der Waals surface area contributed by atoms with E-state index >= 15 is 0 Å². The number of unbranched alkanes of at least 4 members (excludes halogenated alkanes) is 1. The fourth-order valence-electron chi connectivity index (χ4n) is 3.60. The van der Waals surface area contributed by atoms with Gasteiger partial charge in [0.2, 0.25) is 0 Å². The summed E-state index contributed by atoms with van der Waals surface area (Å²) in [7, 11) is 1.47. The van der Waals surface area contributed by atoms with Crippen molar-refractivity contribution in [3.8, 4) is 5.75 Å². The average molecular weight is 343 g/mol. The summed E-state index contributed by atoms with van der Waals surface area (Å²) >= 11 is 0. The lowest BCUT2D eigenvalue weighted by atomic mass is 9.83. The van der Waals surface area contributed by atoms with E-state index in [1.54, 1.807) is 0 Å². The van der Waals surface area contributed by atoms with Crippen LogP contribution in [-0.2, 0) is 16.0 Å². The quantitative estimate of drug-likeness (QED) is 0.561. The molecule has 1 atom stereocenters. The van der Waals surface area contributed by atoms with Crippen LogP contribution in [0.1, 0.15) is 37.8 Å². The molecule has 1 unspecified atom stereocenters. The maximum Gasteiger partial charge on any atom is 0.311 e. The zero-order valence-corrected chi connectivity index (χ0v) is 15.6. The van der Waals surface area contributed by atoms with E-state index in [1.807, 2.05) is 0 Å². The first kappa shape index (κ1) is 18.0. The monoisotopic (exact) mass is 343 g/mol. The van der Waals surface area contributed by atoms with Crippen molar-refractivity contribution in [3.63, 3.8) is 0 Å². The van der Waals surface area contributed by atoms with E-state index in [1.165, 1.54) is 23.8 Å². The topological polar surface area (TPSA) is 38.8 Å². The van der Waals surface area contributed by atoms with Crippen LogP contribution in [0.15, 0.2) is 23.8 Å². The molecule has 1 heterocycles. The minimum atomic E-state index is -0.0807. The van der Waals surface area contributed by atoms with Crippen LogP contribution in [0.2, 0.25) is 0 Å². The summed E-state index contributed by atoms with van der Waals surface area (Å²) < 4.78 is 10.7. The summed E-state index contributed by atoms with van der Waals surface area (Å²) in [6, 6.07) is 6.46. The van der Waals surface area contributed by atoms with Crippen LogP contribution in [0.5, 0.6) is 5.75 Å². The van der Waals surface area contributed by atoms with Crippen molar-refractivity contribution in [2.45, 2.75) is 33.1 Å². The highest BCUT2D eigenvalue weighted by Crippen LogP contribution is 2.32. The lowest BCUT2D eigenvalue weighted by Crippen LogP contribution is -2.51. The number of rotatable bonds is 7. The fourth-order valence-corrected chi connectivity index (χ4v) is 3.60.